The third-order valence-corrected chi connectivity index (χ3v) is 3.72. The van der Waals surface area contributed by atoms with Crippen LogP contribution in [0.15, 0.2) is 6.07 Å². The van der Waals surface area contributed by atoms with Gasteiger partial charge in [-0.1, -0.05) is 18.5 Å². The van der Waals surface area contributed by atoms with Crippen LogP contribution in [0.3, 0.4) is 0 Å². The zero-order valence-electron chi connectivity index (χ0n) is 8.28. The summed E-state index contributed by atoms with van der Waals surface area (Å²) in [5.74, 6) is 1.94. The Morgan fingerprint density at radius 3 is 2.93 bits per heavy atom. The maximum Gasteiger partial charge on any atom is 0.225 e. The molecule has 2 rings (SSSR count). The van der Waals surface area contributed by atoms with E-state index in [2.05, 4.69) is 21.8 Å². The van der Waals surface area contributed by atoms with Crippen molar-refractivity contribution in [1.29, 1.82) is 0 Å². The highest BCUT2D eigenvalue weighted by molar-refractivity contribution is 8.00. The van der Waals surface area contributed by atoms with Gasteiger partial charge in [-0.25, -0.2) is 9.97 Å². The van der Waals surface area contributed by atoms with Crippen LogP contribution in [-0.2, 0) is 0 Å². The average Bonchev–Trinajstić information content (AvgIpc) is 2.16. The fourth-order valence-corrected chi connectivity index (χ4v) is 2.98. The number of nitrogens with zero attached hydrogens (tertiary/aromatic N) is 3. The first kappa shape index (κ1) is 11.3. The van der Waals surface area contributed by atoms with Gasteiger partial charge in [0.05, 0.1) is 0 Å². The Balaban J connectivity index is 2.20. The molecule has 0 aromatic carbocycles. The second-order valence-electron chi connectivity index (χ2n) is 3.45. The van der Waals surface area contributed by atoms with Crippen molar-refractivity contribution in [2.75, 3.05) is 23.7 Å². The standard InChI is InChI=1S/C9H11Cl2N3S/c1-6-5-14(2-3-15-6)8-4-7(10)12-9(11)13-8/h4,6H,2-3,5H2,1H3. The molecule has 1 aliphatic heterocycles. The highest BCUT2D eigenvalue weighted by Crippen LogP contribution is 2.24. The van der Waals surface area contributed by atoms with Crippen molar-refractivity contribution in [2.24, 2.45) is 0 Å². The molecule has 2 heterocycles. The first-order chi connectivity index (χ1) is 7.15. The van der Waals surface area contributed by atoms with Gasteiger partial charge in [0.25, 0.3) is 0 Å². The Bertz CT molecular complexity index is 341. The summed E-state index contributed by atoms with van der Waals surface area (Å²) in [6.07, 6.45) is 0. The maximum absolute atomic E-state index is 5.84. The summed E-state index contributed by atoms with van der Waals surface area (Å²) in [7, 11) is 0. The van der Waals surface area contributed by atoms with Gasteiger partial charge < -0.3 is 4.90 Å². The smallest absolute Gasteiger partial charge is 0.225 e. The van der Waals surface area contributed by atoms with Crippen molar-refractivity contribution in [3.63, 3.8) is 0 Å². The van der Waals surface area contributed by atoms with E-state index in [0.29, 0.717) is 10.4 Å². The lowest BCUT2D eigenvalue weighted by molar-refractivity contribution is 0.768. The van der Waals surface area contributed by atoms with Gasteiger partial charge in [-0.15, -0.1) is 0 Å². The summed E-state index contributed by atoms with van der Waals surface area (Å²) in [6, 6.07) is 1.76. The molecule has 82 valence electrons. The summed E-state index contributed by atoms with van der Waals surface area (Å²) in [6.45, 7) is 4.17. The molecule has 15 heavy (non-hydrogen) atoms. The molecule has 1 unspecified atom stereocenters. The van der Waals surface area contributed by atoms with Crippen LogP contribution in [0.25, 0.3) is 0 Å². The molecule has 0 spiro atoms. The molecule has 1 atom stereocenters. The van der Waals surface area contributed by atoms with E-state index in [9.17, 15) is 0 Å². The first-order valence-electron chi connectivity index (χ1n) is 4.72. The van der Waals surface area contributed by atoms with Crippen LogP contribution in [0.4, 0.5) is 5.82 Å². The summed E-state index contributed by atoms with van der Waals surface area (Å²) in [4.78, 5) is 10.2. The number of halogens is 2. The van der Waals surface area contributed by atoms with Crippen molar-refractivity contribution in [2.45, 2.75) is 12.2 Å². The van der Waals surface area contributed by atoms with Gasteiger partial charge in [-0.05, 0) is 11.6 Å². The Hall–Kier alpha value is -0.190. The van der Waals surface area contributed by atoms with Crippen molar-refractivity contribution in [3.8, 4) is 0 Å². The van der Waals surface area contributed by atoms with E-state index in [1.165, 1.54) is 0 Å². The third kappa shape index (κ3) is 2.89. The Labute approximate surface area is 103 Å². The molecule has 6 heteroatoms. The van der Waals surface area contributed by atoms with Crippen molar-refractivity contribution >= 4 is 40.8 Å². The fourth-order valence-electron chi connectivity index (χ4n) is 1.57. The Morgan fingerprint density at radius 1 is 1.47 bits per heavy atom. The van der Waals surface area contributed by atoms with E-state index in [-0.39, 0.29) is 5.28 Å². The lowest BCUT2D eigenvalue weighted by atomic mass is 10.3. The first-order valence-corrected chi connectivity index (χ1v) is 6.52. The Kier molecular flexibility index (Phi) is 3.59. The fraction of sp³-hybridized carbons (Fsp3) is 0.556. The van der Waals surface area contributed by atoms with Gasteiger partial charge in [0.2, 0.25) is 5.28 Å². The molecule has 1 aromatic heterocycles. The molecule has 0 amide bonds. The second kappa shape index (κ2) is 4.76. The highest BCUT2D eigenvalue weighted by Gasteiger charge is 2.18. The van der Waals surface area contributed by atoms with Crippen LogP contribution < -0.4 is 4.90 Å². The van der Waals surface area contributed by atoms with Crippen LogP contribution in [0.2, 0.25) is 10.4 Å². The monoisotopic (exact) mass is 263 g/mol. The molecular weight excluding hydrogens is 253 g/mol. The summed E-state index contributed by atoms with van der Waals surface area (Å²) >= 11 is 13.6. The average molecular weight is 264 g/mol. The van der Waals surface area contributed by atoms with Crippen molar-refractivity contribution in [3.05, 3.63) is 16.5 Å². The molecule has 0 aliphatic carbocycles. The zero-order chi connectivity index (χ0) is 10.8. The molecule has 1 fully saturated rings. The van der Waals surface area contributed by atoms with Crippen LogP contribution >= 0.6 is 35.0 Å². The highest BCUT2D eigenvalue weighted by atomic mass is 35.5. The molecule has 0 radical (unpaired) electrons. The normalized spacial score (nSPS) is 21.8. The summed E-state index contributed by atoms with van der Waals surface area (Å²) in [5, 5.41) is 1.23. The minimum atomic E-state index is 0.211. The largest absolute Gasteiger partial charge is 0.355 e. The number of rotatable bonds is 1. The minimum Gasteiger partial charge on any atom is -0.355 e. The minimum absolute atomic E-state index is 0.211. The van der Waals surface area contributed by atoms with Crippen LogP contribution in [0, 0.1) is 0 Å². The lowest BCUT2D eigenvalue weighted by Gasteiger charge is -2.31. The quantitative estimate of drug-likeness (QED) is 0.576. The summed E-state index contributed by atoms with van der Waals surface area (Å²) in [5.41, 5.74) is 0. The topological polar surface area (TPSA) is 29.0 Å². The molecule has 1 saturated heterocycles. The van der Waals surface area contributed by atoms with Crippen LogP contribution in [0.5, 0.6) is 0 Å². The SMILES string of the molecule is CC1CN(c2cc(Cl)nc(Cl)n2)CCS1. The van der Waals surface area contributed by atoms with Gasteiger partial charge in [0, 0.05) is 30.2 Å². The van der Waals surface area contributed by atoms with E-state index in [4.69, 9.17) is 23.2 Å². The van der Waals surface area contributed by atoms with Crippen LogP contribution in [-0.4, -0.2) is 34.1 Å². The van der Waals surface area contributed by atoms with Crippen LogP contribution in [0.1, 0.15) is 6.92 Å². The molecule has 0 N–H and O–H groups in total. The van der Waals surface area contributed by atoms with Gasteiger partial charge in [0.15, 0.2) is 0 Å². The van der Waals surface area contributed by atoms with Gasteiger partial charge in [-0.2, -0.15) is 11.8 Å². The molecule has 0 saturated carbocycles. The number of thioether (sulfide) groups is 1. The molecule has 1 aliphatic rings. The number of hydrogen-bond acceptors (Lipinski definition) is 4. The molecular formula is C9H11Cl2N3S. The van der Waals surface area contributed by atoms with E-state index < -0.39 is 0 Å². The van der Waals surface area contributed by atoms with Gasteiger partial charge in [0.1, 0.15) is 11.0 Å². The maximum atomic E-state index is 5.84. The van der Waals surface area contributed by atoms with Gasteiger partial charge in [-0.3, -0.25) is 0 Å². The summed E-state index contributed by atoms with van der Waals surface area (Å²) < 4.78 is 0. The molecule has 1 aromatic rings. The predicted octanol–water partition coefficient (Wildman–Crippen LogP) is 2.73. The van der Waals surface area contributed by atoms with Crippen molar-refractivity contribution in [1.82, 2.24) is 9.97 Å². The van der Waals surface area contributed by atoms with E-state index in [1.54, 1.807) is 6.07 Å². The number of aromatic nitrogens is 2. The third-order valence-electron chi connectivity index (χ3n) is 2.22. The van der Waals surface area contributed by atoms with E-state index in [1.807, 2.05) is 11.8 Å². The lowest BCUT2D eigenvalue weighted by Crippen LogP contribution is -2.37. The second-order valence-corrected chi connectivity index (χ2v) is 5.72. The molecule has 3 nitrogen and oxygen atoms in total. The zero-order valence-corrected chi connectivity index (χ0v) is 10.6. The number of hydrogen-bond donors (Lipinski definition) is 0. The van der Waals surface area contributed by atoms with Crippen molar-refractivity contribution < 1.29 is 0 Å². The van der Waals surface area contributed by atoms with E-state index in [0.717, 1.165) is 24.7 Å². The number of anilines is 1. The Morgan fingerprint density at radius 2 is 2.27 bits per heavy atom. The molecule has 0 bridgehead atoms. The van der Waals surface area contributed by atoms with Gasteiger partial charge >= 0.3 is 0 Å². The predicted molar refractivity (Wildman–Crippen MR) is 66.2 cm³/mol. The van der Waals surface area contributed by atoms with E-state index >= 15 is 0 Å².